The van der Waals surface area contributed by atoms with E-state index in [4.69, 9.17) is 12.2 Å². The minimum Gasteiger partial charge on any atom is -0.366 e. The van der Waals surface area contributed by atoms with Gasteiger partial charge in [0, 0.05) is 13.1 Å². The molecule has 0 heterocycles. The molecular weight excluding hydrogens is 132 g/mol. The van der Waals surface area contributed by atoms with Gasteiger partial charge < -0.3 is 10.6 Å². The van der Waals surface area contributed by atoms with Crippen molar-refractivity contribution in [3.63, 3.8) is 0 Å². The lowest BCUT2D eigenvalue weighted by molar-refractivity contribution is 0.383. The Morgan fingerprint density at radius 2 is 2.22 bits per heavy atom. The molecule has 2 nitrogen and oxygen atoms in total. The Labute approximate surface area is 61.0 Å². The van der Waals surface area contributed by atoms with Crippen molar-refractivity contribution in [3.8, 4) is 0 Å². The maximum atomic E-state index is 4.91. The van der Waals surface area contributed by atoms with Gasteiger partial charge in [-0.1, -0.05) is 0 Å². The second-order valence-electron chi connectivity index (χ2n) is 2.35. The zero-order valence-corrected chi connectivity index (χ0v) is 6.42. The fourth-order valence-electron chi connectivity index (χ4n) is 0.810. The van der Waals surface area contributed by atoms with Gasteiger partial charge in [-0.05, 0) is 31.5 Å². The predicted molar refractivity (Wildman–Crippen MR) is 42.4 cm³/mol. The normalized spacial score (nSPS) is 18.3. The molecule has 1 saturated carbocycles. The van der Waals surface area contributed by atoms with Gasteiger partial charge in [-0.3, -0.25) is 0 Å². The van der Waals surface area contributed by atoms with E-state index in [1.807, 2.05) is 7.05 Å². The van der Waals surface area contributed by atoms with Crippen LogP contribution in [0.5, 0.6) is 0 Å². The van der Waals surface area contributed by atoms with E-state index in [1.165, 1.54) is 19.3 Å². The van der Waals surface area contributed by atoms with E-state index >= 15 is 0 Å². The summed E-state index contributed by atoms with van der Waals surface area (Å²) in [7, 11) is 1.84. The van der Waals surface area contributed by atoms with Gasteiger partial charge in [0.2, 0.25) is 0 Å². The molecule has 0 radical (unpaired) electrons. The van der Waals surface area contributed by atoms with Crippen LogP contribution in [0.15, 0.2) is 0 Å². The number of hydrogen-bond acceptors (Lipinski definition) is 1. The molecule has 0 bridgehead atoms. The van der Waals surface area contributed by atoms with Gasteiger partial charge in [0.25, 0.3) is 0 Å². The molecule has 0 aromatic carbocycles. The second-order valence-corrected chi connectivity index (χ2v) is 2.76. The lowest BCUT2D eigenvalue weighted by Gasteiger charge is -2.27. The minimum absolute atomic E-state index is 0.657. The molecule has 52 valence electrons. The standard InChI is InChI=1S/C6H12N2S/c1-7-6(9)8-5-3-2-4-5/h5H,2-4H2,1H3,(H2,7,8,9). The summed E-state index contributed by atoms with van der Waals surface area (Å²) in [5.74, 6) is 0. The molecule has 1 fully saturated rings. The SMILES string of the molecule is CNC(=S)NC1CCC1. The minimum atomic E-state index is 0.657. The lowest BCUT2D eigenvalue weighted by atomic mass is 9.93. The summed E-state index contributed by atoms with van der Waals surface area (Å²) in [6, 6.07) is 0.657. The van der Waals surface area contributed by atoms with E-state index in [0.717, 1.165) is 5.11 Å². The molecule has 0 saturated heterocycles. The zero-order valence-electron chi connectivity index (χ0n) is 5.61. The highest BCUT2D eigenvalue weighted by atomic mass is 32.1. The van der Waals surface area contributed by atoms with Crippen molar-refractivity contribution in [2.75, 3.05) is 7.05 Å². The first-order chi connectivity index (χ1) is 4.33. The van der Waals surface area contributed by atoms with Crippen LogP contribution in [0.25, 0.3) is 0 Å². The summed E-state index contributed by atoms with van der Waals surface area (Å²) < 4.78 is 0. The smallest absolute Gasteiger partial charge is 0.166 e. The van der Waals surface area contributed by atoms with Gasteiger partial charge in [0.05, 0.1) is 0 Å². The van der Waals surface area contributed by atoms with Crippen LogP contribution in [0.2, 0.25) is 0 Å². The van der Waals surface area contributed by atoms with Crippen molar-refractivity contribution >= 4 is 17.3 Å². The number of thiocarbonyl (C=S) groups is 1. The fraction of sp³-hybridized carbons (Fsp3) is 0.833. The van der Waals surface area contributed by atoms with Gasteiger partial charge in [-0.25, -0.2) is 0 Å². The Bertz CT molecular complexity index is 110. The topological polar surface area (TPSA) is 24.1 Å². The van der Waals surface area contributed by atoms with Crippen molar-refractivity contribution in [2.24, 2.45) is 0 Å². The molecule has 1 aliphatic rings. The molecular formula is C6H12N2S. The van der Waals surface area contributed by atoms with Crippen molar-refractivity contribution < 1.29 is 0 Å². The molecule has 2 N–H and O–H groups in total. The molecule has 0 atom stereocenters. The molecule has 0 unspecified atom stereocenters. The van der Waals surface area contributed by atoms with Gasteiger partial charge in [0.1, 0.15) is 0 Å². The van der Waals surface area contributed by atoms with Gasteiger partial charge >= 0.3 is 0 Å². The molecule has 3 heteroatoms. The first-order valence-corrected chi connectivity index (χ1v) is 3.72. The molecule has 1 rings (SSSR count). The summed E-state index contributed by atoms with van der Waals surface area (Å²) in [6.07, 6.45) is 3.91. The summed E-state index contributed by atoms with van der Waals surface area (Å²) in [5.41, 5.74) is 0. The van der Waals surface area contributed by atoms with E-state index in [9.17, 15) is 0 Å². The van der Waals surface area contributed by atoms with Crippen molar-refractivity contribution in [2.45, 2.75) is 25.3 Å². The van der Waals surface area contributed by atoms with E-state index in [-0.39, 0.29) is 0 Å². The van der Waals surface area contributed by atoms with Crippen LogP contribution in [-0.2, 0) is 0 Å². The first kappa shape index (κ1) is 6.81. The molecule has 1 aliphatic carbocycles. The molecule has 0 aromatic rings. The van der Waals surface area contributed by atoms with Crippen LogP contribution in [0.3, 0.4) is 0 Å². The van der Waals surface area contributed by atoms with Crippen LogP contribution < -0.4 is 10.6 Å². The maximum absolute atomic E-state index is 4.91. The molecule has 0 amide bonds. The predicted octanol–water partition coefficient (Wildman–Crippen LogP) is 0.633. The lowest BCUT2D eigenvalue weighted by Crippen LogP contribution is -2.43. The average Bonchev–Trinajstić information content (AvgIpc) is 1.78. The van der Waals surface area contributed by atoms with Crippen molar-refractivity contribution in [3.05, 3.63) is 0 Å². The van der Waals surface area contributed by atoms with E-state index in [2.05, 4.69) is 10.6 Å². The summed E-state index contributed by atoms with van der Waals surface area (Å²) in [5, 5.41) is 6.85. The van der Waals surface area contributed by atoms with Crippen molar-refractivity contribution in [1.29, 1.82) is 0 Å². The van der Waals surface area contributed by atoms with Gasteiger partial charge in [-0.15, -0.1) is 0 Å². The summed E-state index contributed by atoms with van der Waals surface area (Å²) in [4.78, 5) is 0. The van der Waals surface area contributed by atoms with E-state index in [0.29, 0.717) is 6.04 Å². The molecule has 0 aromatic heterocycles. The largest absolute Gasteiger partial charge is 0.366 e. The van der Waals surface area contributed by atoms with Crippen LogP contribution in [0, 0.1) is 0 Å². The third-order valence-electron chi connectivity index (χ3n) is 1.67. The van der Waals surface area contributed by atoms with Crippen LogP contribution in [-0.4, -0.2) is 18.2 Å². The van der Waals surface area contributed by atoms with Gasteiger partial charge in [-0.2, -0.15) is 0 Å². The van der Waals surface area contributed by atoms with Gasteiger partial charge in [0.15, 0.2) is 5.11 Å². The Balaban J connectivity index is 2.09. The Morgan fingerprint density at radius 3 is 2.56 bits per heavy atom. The molecule has 0 aliphatic heterocycles. The maximum Gasteiger partial charge on any atom is 0.166 e. The Morgan fingerprint density at radius 1 is 1.56 bits per heavy atom. The van der Waals surface area contributed by atoms with Crippen LogP contribution in [0.1, 0.15) is 19.3 Å². The summed E-state index contributed by atoms with van der Waals surface area (Å²) in [6.45, 7) is 0. The van der Waals surface area contributed by atoms with Crippen LogP contribution >= 0.6 is 12.2 Å². The van der Waals surface area contributed by atoms with E-state index in [1.54, 1.807) is 0 Å². The monoisotopic (exact) mass is 144 g/mol. The highest BCUT2D eigenvalue weighted by molar-refractivity contribution is 7.80. The quantitative estimate of drug-likeness (QED) is 0.528. The zero-order chi connectivity index (χ0) is 6.69. The average molecular weight is 144 g/mol. The van der Waals surface area contributed by atoms with Crippen LogP contribution in [0.4, 0.5) is 0 Å². The Hall–Kier alpha value is -0.310. The number of hydrogen-bond donors (Lipinski definition) is 2. The second kappa shape index (κ2) is 3.01. The highest BCUT2D eigenvalue weighted by Crippen LogP contribution is 2.17. The fourth-order valence-corrected chi connectivity index (χ4v) is 0.977. The van der Waals surface area contributed by atoms with Crippen molar-refractivity contribution in [1.82, 2.24) is 10.6 Å². The highest BCUT2D eigenvalue weighted by Gasteiger charge is 2.16. The first-order valence-electron chi connectivity index (χ1n) is 3.31. The Kier molecular flexibility index (Phi) is 2.28. The third-order valence-corrected chi connectivity index (χ3v) is 1.99. The number of rotatable bonds is 1. The molecule has 0 spiro atoms. The number of nitrogens with one attached hydrogen (secondary N) is 2. The third kappa shape index (κ3) is 1.82. The molecule has 9 heavy (non-hydrogen) atoms. The summed E-state index contributed by atoms with van der Waals surface area (Å²) >= 11 is 4.91. The van der Waals surface area contributed by atoms with E-state index < -0.39 is 0 Å².